The van der Waals surface area contributed by atoms with E-state index in [1.54, 1.807) is 6.07 Å². The molecule has 0 spiro atoms. The number of benzene rings is 1. The molecule has 2 N–H and O–H groups in total. The summed E-state index contributed by atoms with van der Waals surface area (Å²) in [7, 11) is -2.72. The fourth-order valence-electron chi connectivity index (χ4n) is 3.58. The smallest absolute Gasteiger partial charge is 0.340 e. The first-order valence-electron chi connectivity index (χ1n) is 10.2. The molecule has 0 bridgehead atoms. The Morgan fingerprint density at radius 3 is 2.57 bits per heavy atom. The highest BCUT2D eigenvalue weighted by Crippen LogP contribution is 2.33. The SMILES string of the molecule is CNS(=O)(=O)NCC(c1ccncc1F)c1c(C)c2cc(F)c(Oc3ncccn3)cc2oc1=O. The zero-order chi connectivity index (χ0) is 25.2. The second-order valence-electron chi connectivity index (χ2n) is 7.35. The van der Waals surface area contributed by atoms with Crippen molar-refractivity contribution in [3.8, 4) is 11.8 Å². The number of hydrogen-bond acceptors (Lipinski definition) is 8. The van der Waals surface area contributed by atoms with Gasteiger partial charge in [0.15, 0.2) is 11.6 Å². The van der Waals surface area contributed by atoms with Crippen LogP contribution in [0.15, 0.2) is 58.3 Å². The van der Waals surface area contributed by atoms with Crippen LogP contribution in [0, 0.1) is 18.6 Å². The molecule has 0 aliphatic rings. The molecule has 13 heteroatoms. The molecule has 35 heavy (non-hydrogen) atoms. The minimum Gasteiger partial charge on any atom is -0.422 e. The van der Waals surface area contributed by atoms with E-state index >= 15 is 0 Å². The summed E-state index contributed by atoms with van der Waals surface area (Å²) in [6.45, 7) is 1.16. The molecule has 1 aromatic carbocycles. The maximum Gasteiger partial charge on any atom is 0.340 e. The van der Waals surface area contributed by atoms with Gasteiger partial charge >= 0.3 is 11.6 Å². The lowest BCUT2D eigenvalue weighted by atomic mass is 9.89. The van der Waals surface area contributed by atoms with Crippen LogP contribution >= 0.6 is 0 Å². The van der Waals surface area contributed by atoms with Crippen LogP contribution in [0.5, 0.6) is 11.8 Å². The maximum absolute atomic E-state index is 14.9. The third-order valence-corrected chi connectivity index (χ3v) is 6.37. The number of fused-ring (bicyclic) bond motifs is 1. The Morgan fingerprint density at radius 2 is 1.89 bits per heavy atom. The van der Waals surface area contributed by atoms with E-state index < -0.39 is 33.4 Å². The first kappa shape index (κ1) is 24.3. The van der Waals surface area contributed by atoms with Gasteiger partial charge in [0.1, 0.15) is 11.4 Å². The maximum atomic E-state index is 14.9. The summed E-state index contributed by atoms with van der Waals surface area (Å²) in [5, 5.41) is 0.217. The van der Waals surface area contributed by atoms with Crippen LogP contribution in [0.2, 0.25) is 0 Å². The Hall–Kier alpha value is -3.81. The van der Waals surface area contributed by atoms with Crippen molar-refractivity contribution in [2.24, 2.45) is 0 Å². The first-order chi connectivity index (χ1) is 16.7. The highest BCUT2D eigenvalue weighted by Gasteiger charge is 2.27. The second-order valence-corrected chi connectivity index (χ2v) is 9.05. The molecule has 0 radical (unpaired) electrons. The van der Waals surface area contributed by atoms with E-state index in [0.29, 0.717) is 0 Å². The fourth-order valence-corrected chi connectivity index (χ4v) is 4.12. The molecule has 4 aromatic rings. The predicted molar refractivity (Wildman–Crippen MR) is 121 cm³/mol. The Kier molecular flexibility index (Phi) is 6.82. The molecular formula is C22H19F2N5O5S. The van der Waals surface area contributed by atoms with Gasteiger partial charge in [-0.15, -0.1) is 0 Å². The van der Waals surface area contributed by atoms with Gasteiger partial charge < -0.3 is 9.15 Å². The van der Waals surface area contributed by atoms with E-state index in [4.69, 9.17) is 9.15 Å². The topological polar surface area (TPSA) is 136 Å². The summed E-state index contributed by atoms with van der Waals surface area (Å²) >= 11 is 0. The van der Waals surface area contributed by atoms with E-state index in [2.05, 4.69) is 24.4 Å². The summed E-state index contributed by atoms with van der Waals surface area (Å²) in [5.41, 5.74) is -0.597. The van der Waals surface area contributed by atoms with Crippen molar-refractivity contribution in [1.82, 2.24) is 24.4 Å². The van der Waals surface area contributed by atoms with Crippen LogP contribution in [-0.2, 0) is 10.2 Å². The molecule has 4 rings (SSSR count). The van der Waals surface area contributed by atoms with Gasteiger partial charge in [-0.05, 0) is 30.7 Å². The van der Waals surface area contributed by atoms with Crippen molar-refractivity contribution in [1.29, 1.82) is 0 Å². The molecular weight excluding hydrogens is 484 g/mol. The molecule has 10 nitrogen and oxygen atoms in total. The highest BCUT2D eigenvalue weighted by molar-refractivity contribution is 7.87. The number of nitrogens with zero attached hydrogens (tertiary/aromatic N) is 3. The average Bonchev–Trinajstić information content (AvgIpc) is 2.83. The van der Waals surface area contributed by atoms with Gasteiger partial charge in [0.05, 0.1) is 11.8 Å². The number of aromatic nitrogens is 3. The van der Waals surface area contributed by atoms with Crippen molar-refractivity contribution in [2.75, 3.05) is 13.6 Å². The number of pyridine rings is 1. The van der Waals surface area contributed by atoms with Crippen molar-refractivity contribution in [2.45, 2.75) is 12.8 Å². The molecule has 0 aliphatic heterocycles. The number of rotatable bonds is 8. The summed E-state index contributed by atoms with van der Waals surface area (Å²) in [6, 6.07) is 5.07. The van der Waals surface area contributed by atoms with Gasteiger partial charge in [0, 0.05) is 55.1 Å². The average molecular weight is 503 g/mol. The quantitative estimate of drug-likeness (QED) is 0.350. The normalized spacial score (nSPS) is 12.6. The first-order valence-corrected chi connectivity index (χ1v) is 11.7. The van der Waals surface area contributed by atoms with Gasteiger partial charge in [0.25, 0.3) is 10.2 Å². The van der Waals surface area contributed by atoms with Gasteiger partial charge in [0.2, 0.25) is 0 Å². The summed E-state index contributed by atoms with van der Waals surface area (Å²) in [6.07, 6.45) is 5.09. The summed E-state index contributed by atoms with van der Waals surface area (Å²) < 4.78 is 68.6. The van der Waals surface area contributed by atoms with Crippen LogP contribution < -0.4 is 19.8 Å². The Labute approximate surface area is 198 Å². The van der Waals surface area contributed by atoms with Crippen LogP contribution in [0.25, 0.3) is 11.0 Å². The minimum absolute atomic E-state index is 0.00772. The Bertz CT molecular complexity index is 1550. The van der Waals surface area contributed by atoms with Crippen molar-refractivity contribution >= 4 is 21.2 Å². The summed E-state index contributed by atoms with van der Waals surface area (Å²) in [4.78, 5) is 24.5. The monoisotopic (exact) mass is 503 g/mol. The molecule has 0 amide bonds. The van der Waals surface area contributed by atoms with E-state index in [9.17, 15) is 22.0 Å². The van der Waals surface area contributed by atoms with E-state index in [1.165, 1.54) is 44.7 Å². The zero-order valence-electron chi connectivity index (χ0n) is 18.5. The summed E-state index contributed by atoms with van der Waals surface area (Å²) in [5.74, 6) is -2.90. The van der Waals surface area contributed by atoms with Crippen LogP contribution in [0.3, 0.4) is 0 Å². The third-order valence-electron chi connectivity index (χ3n) is 5.28. The lowest BCUT2D eigenvalue weighted by Crippen LogP contribution is -2.38. The zero-order valence-corrected chi connectivity index (χ0v) is 19.3. The number of nitrogens with one attached hydrogen (secondary N) is 2. The fraction of sp³-hybridized carbons (Fsp3) is 0.182. The number of aryl methyl sites for hydroxylation is 1. The molecule has 1 atom stereocenters. The third kappa shape index (κ3) is 5.16. The van der Waals surface area contributed by atoms with Crippen LogP contribution in [-0.4, -0.2) is 37.0 Å². The molecule has 0 saturated carbocycles. The standard InChI is InChI=1S/C22H19F2N5O5S/c1-12-14-8-16(23)19(34-22-27-5-3-6-28-22)9-18(14)33-21(30)20(12)15(10-29-35(31,32)25-2)13-4-7-26-11-17(13)24/h3-9,11,15,25,29H,10H2,1-2H3. The van der Waals surface area contributed by atoms with Crippen molar-refractivity contribution in [3.63, 3.8) is 0 Å². The highest BCUT2D eigenvalue weighted by atomic mass is 32.2. The van der Waals surface area contributed by atoms with E-state index in [0.717, 1.165) is 12.3 Å². The molecule has 1 unspecified atom stereocenters. The molecule has 0 saturated heterocycles. The largest absolute Gasteiger partial charge is 0.422 e. The number of hydrogen-bond donors (Lipinski definition) is 2. The van der Waals surface area contributed by atoms with Crippen LogP contribution in [0.1, 0.15) is 22.6 Å². The van der Waals surface area contributed by atoms with Gasteiger partial charge in [-0.3, -0.25) is 4.98 Å². The van der Waals surface area contributed by atoms with Gasteiger partial charge in [-0.2, -0.15) is 8.42 Å². The molecule has 3 heterocycles. The lowest BCUT2D eigenvalue weighted by molar-refractivity contribution is 0.410. The molecule has 182 valence electrons. The van der Waals surface area contributed by atoms with Gasteiger partial charge in [-0.1, -0.05) is 0 Å². The Morgan fingerprint density at radius 1 is 1.14 bits per heavy atom. The number of ether oxygens (including phenoxy) is 1. The predicted octanol–water partition coefficient (Wildman–Crippen LogP) is 2.54. The van der Waals surface area contributed by atoms with Gasteiger partial charge in [-0.25, -0.2) is 33.0 Å². The Balaban J connectivity index is 1.84. The minimum atomic E-state index is -3.91. The van der Waals surface area contributed by atoms with Crippen molar-refractivity contribution in [3.05, 3.63) is 87.8 Å². The van der Waals surface area contributed by atoms with Crippen LogP contribution in [0.4, 0.5) is 8.78 Å². The van der Waals surface area contributed by atoms with Crippen molar-refractivity contribution < 1.29 is 26.4 Å². The molecule has 3 aromatic heterocycles. The second kappa shape index (κ2) is 9.82. The van der Waals surface area contributed by atoms with E-state index in [1.807, 2.05) is 0 Å². The van der Waals surface area contributed by atoms with E-state index in [-0.39, 0.29) is 46.0 Å². The number of halogens is 2. The lowest BCUT2D eigenvalue weighted by Gasteiger charge is -2.20. The molecule has 0 aliphatic carbocycles. The molecule has 0 fully saturated rings.